The number of hydrogen-bond donors (Lipinski definition) is 2. The van der Waals surface area contributed by atoms with Crippen molar-refractivity contribution in [2.45, 2.75) is 38.1 Å². The summed E-state index contributed by atoms with van der Waals surface area (Å²) in [6.07, 6.45) is -2.57. The fourth-order valence-electron chi connectivity index (χ4n) is 5.19. The van der Waals surface area contributed by atoms with E-state index in [2.05, 4.69) is 31.3 Å². The van der Waals surface area contributed by atoms with Gasteiger partial charge in [-0.3, -0.25) is 9.80 Å². The number of methoxy groups -OCH3 is 1. The Morgan fingerprint density at radius 3 is 2.68 bits per heavy atom. The van der Waals surface area contributed by atoms with Crippen molar-refractivity contribution >= 4 is 39.2 Å². The molecule has 0 amide bonds. The van der Waals surface area contributed by atoms with Crippen molar-refractivity contribution in [3.63, 3.8) is 0 Å². The van der Waals surface area contributed by atoms with Crippen LogP contribution in [-0.4, -0.2) is 59.7 Å². The molecule has 0 saturated carbocycles. The molecule has 4 rings (SSSR count). The summed E-state index contributed by atoms with van der Waals surface area (Å²) in [5.41, 5.74) is -0.664. The van der Waals surface area contributed by atoms with Gasteiger partial charge in [-0.25, -0.2) is 4.98 Å². The van der Waals surface area contributed by atoms with Crippen molar-refractivity contribution < 1.29 is 32.5 Å². The van der Waals surface area contributed by atoms with Crippen LogP contribution in [-0.2, 0) is 10.4 Å². The highest BCUT2D eigenvalue weighted by molar-refractivity contribution is 9.10. The number of hydrazone groups is 1. The quantitative estimate of drug-likeness (QED) is 0.428. The molecule has 2 aliphatic rings. The number of nitrogens with one attached hydrogen (secondary N) is 1. The molecule has 2 aliphatic heterocycles. The van der Waals surface area contributed by atoms with Gasteiger partial charge in [0.1, 0.15) is 23.6 Å². The van der Waals surface area contributed by atoms with Crippen LogP contribution in [0.3, 0.4) is 0 Å². The van der Waals surface area contributed by atoms with Gasteiger partial charge in [0.05, 0.1) is 22.6 Å². The lowest BCUT2D eigenvalue weighted by Gasteiger charge is -2.44. The summed E-state index contributed by atoms with van der Waals surface area (Å²) in [5.74, 6) is -1.52. The highest BCUT2D eigenvalue weighted by Crippen LogP contribution is 2.46. The SMILES string of the molecule is COc1cc([C@@]2(Oc3ccc([C@@H]4[C@H](C)C(C(F)(F)F)=NN4CC(=O)O)cc3Br)CCNC[C@H]2C)c(Cl)cn1. The van der Waals surface area contributed by atoms with Crippen LogP contribution in [0, 0.1) is 11.8 Å². The lowest BCUT2D eigenvalue weighted by atomic mass is 9.77. The van der Waals surface area contributed by atoms with Gasteiger partial charge in [-0.15, -0.1) is 0 Å². The van der Waals surface area contributed by atoms with Crippen molar-refractivity contribution in [1.82, 2.24) is 15.3 Å². The van der Waals surface area contributed by atoms with Gasteiger partial charge >= 0.3 is 12.1 Å². The van der Waals surface area contributed by atoms with Gasteiger partial charge < -0.3 is 19.9 Å². The Morgan fingerprint density at radius 2 is 2.08 bits per heavy atom. The molecule has 8 nitrogen and oxygen atoms in total. The minimum Gasteiger partial charge on any atom is -0.481 e. The molecule has 0 unspecified atom stereocenters. The smallest absolute Gasteiger partial charge is 0.431 e. The third-order valence-corrected chi connectivity index (χ3v) is 7.98. The molecule has 2 N–H and O–H groups in total. The summed E-state index contributed by atoms with van der Waals surface area (Å²) in [4.78, 5) is 15.5. The molecular formula is C25H27BrClF3N4O4. The van der Waals surface area contributed by atoms with E-state index in [0.29, 0.717) is 46.2 Å². The first-order valence-corrected chi connectivity index (χ1v) is 13.1. The van der Waals surface area contributed by atoms with Gasteiger partial charge in [-0.1, -0.05) is 31.5 Å². The van der Waals surface area contributed by atoms with Crippen molar-refractivity contribution in [1.29, 1.82) is 0 Å². The number of ether oxygens (including phenoxy) is 2. The molecular weight excluding hydrogens is 593 g/mol. The number of pyridine rings is 1. The number of halogens is 5. The molecule has 3 heterocycles. The molecule has 1 saturated heterocycles. The first kappa shape index (κ1) is 28.4. The van der Waals surface area contributed by atoms with E-state index in [1.165, 1.54) is 20.2 Å². The zero-order valence-electron chi connectivity index (χ0n) is 20.9. The summed E-state index contributed by atoms with van der Waals surface area (Å²) < 4.78 is 53.2. The second kappa shape index (κ2) is 10.9. The molecule has 4 atom stereocenters. The monoisotopic (exact) mass is 618 g/mol. The maximum atomic E-state index is 13.6. The lowest BCUT2D eigenvalue weighted by Crippen LogP contribution is -2.50. The van der Waals surface area contributed by atoms with E-state index >= 15 is 0 Å². The van der Waals surface area contributed by atoms with E-state index in [0.717, 1.165) is 10.6 Å². The number of carboxylic acids is 1. The van der Waals surface area contributed by atoms with E-state index in [1.54, 1.807) is 24.3 Å². The fourth-order valence-corrected chi connectivity index (χ4v) is 5.93. The summed E-state index contributed by atoms with van der Waals surface area (Å²) in [6, 6.07) is 5.79. The molecule has 0 spiro atoms. The van der Waals surface area contributed by atoms with Crippen molar-refractivity contribution in [3.8, 4) is 11.6 Å². The molecule has 0 aliphatic carbocycles. The second-order valence-corrected chi connectivity index (χ2v) is 10.7. The number of hydrogen-bond acceptors (Lipinski definition) is 7. The van der Waals surface area contributed by atoms with Crippen LogP contribution in [0.15, 0.2) is 40.0 Å². The van der Waals surface area contributed by atoms with Crippen LogP contribution in [0.1, 0.15) is 37.4 Å². The Hall–Kier alpha value is -2.57. The zero-order valence-corrected chi connectivity index (χ0v) is 23.2. The summed E-state index contributed by atoms with van der Waals surface area (Å²) >= 11 is 10.1. The average Bonchev–Trinajstić information content (AvgIpc) is 3.17. The van der Waals surface area contributed by atoms with Crippen molar-refractivity contribution in [3.05, 3.63) is 51.1 Å². The minimum atomic E-state index is -4.67. The topological polar surface area (TPSA) is 96.3 Å². The predicted molar refractivity (Wildman–Crippen MR) is 139 cm³/mol. The van der Waals surface area contributed by atoms with Crippen LogP contribution in [0.2, 0.25) is 5.02 Å². The van der Waals surface area contributed by atoms with Gasteiger partial charge in [-0.2, -0.15) is 18.3 Å². The third-order valence-electron chi connectivity index (χ3n) is 7.05. The largest absolute Gasteiger partial charge is 0.481 e. The Kier molecular flexibility index (Phi) is 8.15. The van der Waals surface area contributed by atoms with Gasteiger partial charge in [-0.05, 0) is 40.2 Å². The maximum Gasteiger partial charge on any atom is 0.431 e. The Balaban J connectivity index is 1.71. The van der Waals surface area contributed by atoms with E-state index in [-0.39, 0.29) is 5.92 Å². The number of alkyl halides is 3. The molecule has 1 aromatic carbocycles. The first-order valence-electron chi connectivity index (χ1n) is 11.9. The number of aromatic nitrogens is 1. The fraction of sp³-hybridized carbons (Fsp3) is 0.480. The normalized spacial score (nSPS) is 25.7. The van der Waals surface area contributed by atoms with E-state index in [4.69, 9.17) is 21.1 Å². The molecule has 38 heavy (non-hydrogen) atoms. The van der Waals surface area contributed by atoms with Crippen LogP contribution >= 0.6 is 27.5 Å². The highest BCUT2D eigenvalue weighted by atomic mass is 79.9. The Bertz CT molecular complexity index is 1250. The number of benzene rings is 1. The summed E-state index contributed by atoms with van der Waals surface area (Å²) in [6.45, 7) is 4.10. The lowest BCUT2D eigenvalue weighted by molar-refractivity contribution is -0.138. The van der Waals surface area contributed by atoms with Crippen LogP contribution < -0.4 is 14.8 Å². The maximum absolute atomic E-state index is 13.6. The second-order valence-electron chi connectivity index (χ2n) is 9.45. The molecule has 1 fully saturated rings. The molecule has 0 bridgehead atoms. The van der Waals surface area contributed by atoms with Crippen LogP contribution in [0.25, 0.3) is 0 Å². The van der Waals surface area contributed by atoms with Gasteiger partial charge in [0.25, 0.3) is 0 Å². The van der Waals surface area contributed by atoms with Crippen molar-refractivity contribution in [2.24, 2.45) is 16.9 Å². The van der Waals surface area contributed by atoms with Crippen LogP contribution in [0.4, 0.5) is 13.2 Å². The highest BCUT2D eigenvalue weighted by Gasteiger charge is 2.49. The zero-order chi connectivity index (χ0) is 27.8. The summed E-state index contributed by atoms with van der Waals surface area (Å²) in [7, 11) is 1.51. The average molecular weight is 620 g/mol. The van der Waals surface area contributed by atoms with E-state index in [1.807, 2.05) is 6.92 Å². The minimum absolute atomic E-state index is 0.0175. The number of aliphatic carboxylic acids is 1. The van der Waals surface area contributed by atoms with E-state index in [9.17, 15) is 23.1 Å². The van der Waals surface area contributed by atoms with Gasteiger partial charge in [0.2, 0.25) is 5.88 Å². The molecule has 13 heteroatoms. The van der Waals surface area contributed by atoms with Gasteiger partial charge in [0.15, 0.2) is 0 Å². The van der Waals surface area contributed by atoms with Crippen molar-refractivity contribution in [2.75, 3.05) is 26.7 Å². The van der Waals surface area contributed by atoms with E-state index < -0.39 is 42.0 Å². The number of carboxylic acid groups (broad SMARTS) is 1. The number of piperidine rings is 1. The molecule has 2 aromatic rings. The third kappa shape index (κ3) is 5.43. The standard InChI is InChI=1S/C25H27BrClF3N4O4/c1-13-10-31-7-6-24(13,16-9-20(37-3)32-11-18(16)27)38-19-5-4-15(8-17(19)26)22-14(2)23(25(28,29)30)33-34(22)12-21(35)36/h4-5,8-9,11,13-14,22,31H,6-7,10,12H2,1-3H3,(H,35,36)/t13-,14+,22+,24-/m1/s1. The molecule has 1 aromatic heterocycles. The van der Waals surface area contributed by atoms with Crippen LogP contribution in [0.5, 0.6) is 11.6 Å². The molecule has 0 radical (unpaired) electrons. The first-order chi connectivity index (χ1) is 17.9. The number of carbonyl (C=O) groups is 1. The summed E-state index contributed by atoms with van der Waals surface area (Å²) in [5, 5.41) is 17.6. The number of rotatable bonds is 7. The van der Waals surface area contributed by atoms with Gasteiger partial charge in [0, 0.05) is 42.6 Å². The number of nitrogens with zero attached hydrogens (tertiary/aromatic N) is 3. The Labute approximate surface area is 231 Å². The predicted octanol–water partition coefficient (Wildman–Crippen LogP) is 5.41. The Morgan fingerprint density at radius 1 is 1.34 bits per heavy atom. The molecule has 206 valence electrons.